The largest absolute Gasteiger partial charge is 0.368 e. The number of hydrogen-bond acceptors (Lipinski definition) is 4. The molecule has 0 aliphatic carbocycles. The maximum atomic E-state index is 11.1. The highest BCUT2D eigenvalue weighted by Crippen LogP contribution is 2.06. The Labute approximate surface area is 88.5 Å². The third-order valence-corrected chi connectivity index (χ3v) is 2.20. The monoisotopic (exact) mass is 215 g/mol. The number of hydrogen-bond donors (Lipinski definition) is 3. The Hall–Kier alpha value is -1.14. The number of carbonyl (C=O) groups is 2. The molecule has 0 unspecified atom stereocenters. The molecule has 1 aliphatic rings. The van der Waals surface area contributed by atoms with Gasteiger partial charge in [0.1, 0.15) is 6.61 Å². The van der Waals surface area contributed by atoms with E-state index in [0.29, 0.717) is 0 Å². The lowest BCUT2D eigenvalue weighted by atomic mass is 10.1. The lowest BCUT2D eigenvalue weighted by Gasteiger charge is -2.22. The van der Waals surface area contributed by atoms with Gasteiger partial charge in [-0.15, -0.1) is 0 Å². The minimum absolute atomic E-state index is 0.00204. The molecule has 1 aliphatic heterocycles. The van der Waals surface area contributed by atoms with Crippen molar-refractivity contribution in [1.29, 1.82) is 0 Å². The Kier molecular flexibility index (Phi) is 5.06. The molecule has 0 bridgehead atoms. The molecule has 0 atom stereocenters. The van der Waals surface area contributed by atoms with E-state index in [4.69, 9.17) is 10.5 Å². The van der Waals surface area contributed by atoms with Crippen molar-refractivity contribution in [3.05, 3.63) is 0 Å². The van der Waals surface area contributed by atoms with Crippen LogP contribution in [0.2, 0.25) is 0 Å². The van der Waals surface area contributed by atoms with E-state index >= 15 is 0 Å². The topological polar surface area (TPSA) is 93.5 Å². The molecule has 0 spiro atoms. The van der Waals surface area contributed by atoms with Crippen LogP contribution in [-0.2, 0) is 14.3 Å². The van der Waals surface area contributed by atoms with Crippen LogP contribution in [0.3, 0.4) is 0 Å². The van der Waals surface area contributed by atoms with Crippen LogP contribution >= 0.6 is 0 Å². The lowest BCUT2D eigenvalue weighted by molar-refractivity contribution is -0.130. The van der Waals surface area contributed by atoms with Gasteiger partial charge in [-0.05, 0) is 25.9 Å². The molecule has 0 radical (unpaired) electrons. The molecule has 2 amide bonds. The van der Waals surface area contributed by atoms with Crippen LogP contribution in [0, 0.1) is 0 Å². The highest BCUT2D eigenvalue weighted by atomic mass is 16.5. The Bertz CT molecular complexity index is 227. The van der Waals surface area contributed by atoms with E-state index in [-0.39, 0.29) is 25.2 Å². The molecule has 86 valence electrons. The van der Waals surface area contributed by atoms with Crippen molar-refractivity contribution < 1.29 is 14.3 Å². The standard InChI is InChI=1S/C9H17N3O3/c10-8(13)5-12-9(14)6-15-7-1-3-11-4-2-7/h7,11H,1-6H2,(H2,10,13)(H,12,14). The smallest absolute Gasteiger partial charge is 0.246 e. The summed E-state index contributed by atoms with van der Waals surface area (Å²) >= 11 is 0. The molecular weight excluding hydrogens is 198 g/mol. The second-order valence-electron chi connectivity index (χ2n) is 3.50. The maximum Gasteiger partial charge on any atom is 0.246 e. The third kappa shape index (κ3) is 5.34. The number of nitrogens with two attached hydrogens (primary N) is 1. The van der Waals surface area contributed by atoms with Crippen LogP contribution in [0.15, 0.2) is 0 Å². The summed E-state index contributed by atoms with van der Waals surface area (Å²) < 4.78 is 5.37. The molecule has 0 aromatic heterocycles. The lowest BCUT2D eigenvalue weighted by Crippen LogP contribution is -2.38. The summed E-state index contributed by atoms with van der Waals surface area (Å²) in [5.74, 6) is -0.849. The van der Waals surface area contributed by atoms with Crippen molar-refractivity contribution in [1.82, 2.24) is 10.6 Å². The van der Waals surface area contributed by atoms with Crippen molar-refractivity contribution in [2.75, 3.05) is 26.2 Å². The van der Waals surface area contributed by atoms with E-state index in [1.807, 2.05) is 0 Å². The van der Waals surface area contributed by atoms with E-state index in [0.717, 1.165) is 25.9 Å². The van der Waals surface area contributed by atoms with E-state index in [1.165, 1.54) is 0 Å². The maximum absolute atomic E-state index is 11.1. The Morgan fingerprint density at radius 1 is 1.40 bits per heavy atom. The van der Waals surface area contributed by atoms with E-state index in [9.17, 15) is 9.59 Å². The number of piperidine rings is 1. The molecule has 4 N–H and O–H groups in total. The van der Waals surface area contributed by atoms with Crippen molar-refractivity contribution in [3.8, 4) is 0 Å². The van der Waals surface area contributed by atoms with Gasteiger partial charge in [0.2, 0.25) is 11.8 Å². The molecule has 1 rings (SSSR count). The fourth-order valence-corrected chi connectivity index (χ4v) is 1.39. The van der Waals surface area contributed by atoms with Crippen LogP contribution in [0.1, 0.15) is 12.8 Å². The average molecular weight is 215 g/mol. The first-order valence-corrected chi connectivity index (χ1v) is 5.06. The first-order chi connectivity index (χ1) is 7.18. The van der Waals surface area contributed by atoms with Gasteiger partial charge in [0.05, 0.1) is 12.6 Å². The summed E-state index contributed by atoms with van der Waals surface area (Å²) in [7, 11) is 0. The average Bonchev–Trinajstić information content (AvgIpc) is 2.25. The fourth-order valence-electron chi connectivity index (χ4n) is 1.39. The molecule has 0 aromatic rings. The third-order valence-electron chi connectivity index (χ3n) is 2.20. The van der Waals surface area contributed by atoms with E-state index < -0.39 is 5.91 Å². The zero-order valence-corrected chi connectivity index (χ0v) is 8.62. The molecule has 1 fully saturated rings. The zero-order valence-electron chi connectivity index (χ0n) is 8.62. The number of amides is 2. The Balaban J connectivity index is 2.07. The highest BCUT2D eigenvalue weighted by Gasteiger charge is 2.14. The second-order valence-corrected chi connectivity index (χ2v) is 3.50. The van der Waals surface area contributed by atoms with Crippen LogP contribution in [0.4, 0.5) is 0 Å². The minimum Gasteiger partial charge on any atom is -0.368 e. The molecule has 6 nitrogen and oxygen atoms in total. The van der Waals surface area contributed by atoms with Gasteiger partial charge in [-0.2, -0.15) is 0 Å². The van der Waals surface area contributed by atoms with Gasteiger partial charge in [-0.1, -0.05) is 0 Å². The first kappa shape index (κ1) is 11.9. The van der Waals surface area contributed by atoms with Crippen LogP contribution < -0.4 is 16.4 Å². The van der Waals surface area contributed by atoms with Crippen LogP contribution in [-0.4, -0.2) is 44.2 Å². The van der Waals surface area contributed by atoms with Gasteiger partial charge < -0.3 is 21.1 Å². The van der Waals surface area contributed by atoms with Crippen LogP contribution in [0.25, 0.3) is 0 Å². The SMILES string of the molecule is NC(=O)CNC(=O)COC1CCNCC1. The molecule has 0 aromatic carbocycles. The van der Waals surface area contributed by atoms with Crippen molar-refractivity contribution in [2.45, 2.75) is 18.9 Å². The quantitative estimate of drug-likeness (QED) is 0.512. The summed E-state index contributed by atoms with van der Waals surface area (Å²) in [6.45, 7) is 1.72. The Morgan fingerprint density at radius 3 is 2.67 bits per heavy atom. The number of primary amides is 1. The number of nitrogens with one attached hydrogen (secondary N) is 2. The molecule has 6 heteroatoms. The van der Waals surface area contributed by atoms with Gasteiger partial charge in [0.25, 0.3) is 0 Å². The first-order valence-electron chi connectivity index (χ1n) is 5.06. The highest BCUT2D eigenvalue weighted by molar-refractivity contribution is 5.84. The number of rotatable bonds is 5. The van der Waals surface area contributed by atoms with Gasteiger partial charge >= 0.3 is 0 Å². The molecule has 1 saturated heterocycles. The van der Waals surface area contributed by atoms with Gasteiger partial charge in [-0.25, -0.2) is 0 Å². The zero-order chi connectivity index (χ0) is 11.1. The predicted molar refractivity (Wildman–Crippen MR) is 54.0 cm³/mol. The van der Waals surface area contributed by atoms with Gasteiger partial charge in [-0.3, -0.25) is 9.59 Å². The van der Waals surface area contributed by atoms with E-state index in [1.54, 1.807) is 0 Å². The molecular formula is C9H17N3O3. The van der Waals surface area contributed by atoms with Crippen molar-refractivity contribution >= 4 is 11.8 Å². The molecule has 15 heavy (non-hydrogen) atoms. The van der Waals surface area contributed by atoms with Crippen molar-refractivity contribution in [2.24, 2.45) is 5.73 Å². The summed E-state index contributed by atoms with van der Waals surface area (Å²) in [6.07, 6.45) is 1.98. The normalized spacial score (nSPS) is 17.3. The fraction of sp³-hybridized carbons (Fsp3) is 0.778. The van der Waals surface area contributed by atoms with Crippen molar-refractivity contribution in [3.63, 3.8) is 0 Å². The Morgan fingerprint density at radius 2 is 2.07 bits per heavy atom. The number of ether oxygens (including phenoxy) is 1. The summed E-state index contributed by atoms with van der Waals surface area (Å²) in [5, 5.41) is 5.57. The molecule has 0 saturated carbocycles. The van der Waals surface area contributed by atoms with Gasteiger partial charge in [0, 0.05) is 0 Å². The van der Waals surface area contributed by atoms with Gasteiger partial charge in [0.15, 0.2) is 0 Å². The van der Waals surface area contributed by atoms with E-state index in [2.05, 4.69) is 10.6 Å². The summed E-state index contributed by atoms with van der Waals surface area (Å²) in [6, 6.07) is 0. The summed E-state index contributed by atoms with van der Waals surface area (Å²) in [4.78, 5) is 21.5. The minimum atomic E-state index is -0.551. The summed E-state index contributed by atoms with van der Waals surface area (Å²) in [5.41, 5.74) is 4.88. The molecule has 1 heterocycles. The number of carbonyl (C=O) groups excluding carboxylic acids is 2. The second kappa shape index (κ2) is 6.36. The van der Waals surface area contributed by atoms with Crippen LogP contribution in [0.5, 0.6) is 0 Å². The predicted octanol–water partition coefficient (Wildman–Crippen LogP) is -1.64.